The van der Waals surface area contributed by atoms with E-state index in [9.17, 15) is 0 Å². The number of benzene rings is 10. The third-order valence-electron chi connectivity index (χ3n) is 13.8. The fraction of sp³-hybridized carbons (Fsp3) is 0. The van der Waals surface area contributed by atoms with E-state index in [4.69, 9.17) is 19.4 Å². The molecular weight excluding hydrogens is 853 g/mol. The highest BCUT2D eigenvalue weighted by Crippen LogP contribution is 2.46. The summed E-state index contributed by atoms with van der Waals surface area (Å²) in [5.74, 6) is 0.682. The van der Waals surface area contributed by atoms with Gasteiger partial charge in [0.05, 0.1) is 33.6 Å². The standard InChI is InChI=1S/C65H40N4O/c1-3-16-44(17-4-1)61-62-51-24-7-11-26-54(51)66-64(53(62)39-60-63(61)52-25-10-14-29-59(52)70-60)47-21-15-20-46(38-47)41-30-32-42(33-31-41)55-40-56(68-65(67-55)45-18-5-2-6-19-45)43-34-36-48(37-35-43)69-57-27-12-8-22-49(57)50-23-9-13-28-58(50)69/h1-40H. The zero-order valence-corrected chi connectivity index (χ0v) is 37.8. The van der Waals surface area contributed by atoms with Gasteiger partial charge in [0.25, 0.3) is 0 Å². The predicted octanol–water partition coefficient (Wildman–Crippen LogP) is 17.2. The van der Waals surface area contributed by atoms with Crippen molar-refractivity contribution in [3.05, 3.63) is 243 Å². The van der Waals surface area contributed by atoms with Crippen LogP contribution in [0.3, 0.4) is 0 Å². The molecule has 14 rings (SSSR count). The summed E-state index contributed by atoms with van der Waals surface area (Å²) >= 11 is 0. The predicted molar refractivity (Wildman–Crippen MR) is 289 cm³/mol. The molecule has 0 bridgehead atoms. The lowest BCUT2D eigenvalue weighted by Crippen LogP contribution is -1.97. The van der Waals surface area contributed by atoms with Crippen molar-refractivity contribution in [3.8, 4) is 73.1 Å². The van der Waals surface area contributed by atoms with Crippen LogP contribution in [0.4, 0.5) is 0 Å². The molecule has 70 heavy (non-hydrogen) atoms. The molecule has 14 aromatic rings. The van der Waals surface area contributed by atoms with E-state index in [1.165, 1.54) is 27.2 Å². The number of furan rings is 1. The molecule has 0 saturated carbocycles. The van der Waals surface area contributed by atoms with Crippen molar-refractivity contribution in [2.24, 2.45) is 0 Å². The lowest BCUT2D eigenvalue weighted by atomic mass is 9.89. The molecule has 0 aliphatic rings. The summed E-state index contributed by atoms with van der Waals surface area (Å²) < 4.78 is 8.98. The number of para-hydroxylation sites is 4. The number of aromatic nitrogens is 4. The first-order chi connectivity index (χ1) is 34.7. The van der Waals surface area contributed by atoms with Gasteiger partial charge in [-0.2, -0.15) is 0 Å². The van der Waals surface area contributed by atoms with Crippen molar-refractivity contribution in [2.75, 3.05) is 0 Å². The Kier molecular flexibility index (Phi) is 9.14. The van der Waals surface area contributed by atoms with E-state index in [1.54, 1.807) is 0 Å². The zero-order valence-electron chi connectivity index (χ0n) is 37.8. The Hall–Kier alpha value is -9.45. The summed E-state index contributed by atoms with van der Waals surface area (Å²) in [6, 6.07) is 85.5. The largest absolute Gasteiger partial charge is 0.456 e. The molecule has 5 nitrogen and oxygen atoms in total. The first kappa shape index (κ1) is 39.7. The van der Waals surface area contributed by atoms with Crippen molar-refractivity contribution in [1.29, 1.82) is 0 Å². The van der Waals surface area contributed by atoms with Crippen molar-refractivity contribution in [1.82, 2.24) is 19.5 Å². The molecule has 0 unspecified atom stereocenters. The first-order valence-electron chi connectivity index (χ1n) is 23.7. The number of pyridine rings is 1. The van der Waals surface area contributed by atoms with Gasteiger partial charge in [-0.25, -0.2) is 15.0 Å². The van der Waals surface area contributed by atoms with E-state index >= 15 is 0 Å². The van der Waals surface area contributed by atoms with Gasteiger partial charge in [-0.05, 0) is 71.3 Å². The van der Waals surface area contributed by atoms with Gasteiger partial charge < -0.3 is 8.98 Å². The highest BCUT2D eigenvalue weighted by Gasteiger charge is 2.22. The van der Waals surface area contributed by atoms with E-state index in [-0.39, 0.29) is 0 Å². The monoisotopic (exact) mass is 892 g/mol. The van der Waals surface area contributed by atoms with Crippen LogP contribution in [-0.4, -0.2) is 19.5 Å². The summed E-state index contributed by atoms with van der Waals surface area (Å²) in [6.07, 6.45) is 0. The van der Waals surface area contributed by atoms with Crippen LogP contribution in [0.1, 0.15) is 0 Å². The maximum absolute atomic E-state index is 6.64. The minimum Gasteiger partial charge on any atom is -0.456 e. The lowest BCUT2D eigenvalue weighted by molar-refractivity contribution is 0.669. The minimum atomic E-state index is 0.682. The van der Waals surface area contributed by atoms with Crippen LogP contribution in [0.25, 0.3) is 139 Å². The average Bonchev–Trinajstić information content (AvgIpc) is 3.98. The molecule has 10 aromatic carbocycles. The number of fused-ring (bicyclic) bond motifs is 9. The van der Waals surface area contributed by atoms with E-state index in [0.29, 0.717) is 5.82 Å². The molecule has 0 aliphatic heterocycles. The highest BCUT2D eigenvalue weighted by atomic mass is 16.3. The molecule has 0 atom stereocenters. The fourth-order valence-corrected chi connectivity index (χ4v) is 10.6. The SMILES string of the molecule is c1ccc(-c2nc(-c3ccc(-c4cccc(-c5nc6ccccc6c6c(-c7ccccc7)c7c(cc56)oc5ccccc57)c4)cc3)cc(-c3ccc(-n4c5ccccc5c5ccccc54)cc3)n2)cc1. The van der Waals surface area contributed by atoms with Crippen molar-refractivity contribution < 1.29 is 4.42 Å². The molecule has 0 aliphatic carbocycles. The molecule has 4 heterocycles. The molecule has 0 fully saturated rings. The maximum atomic E-state index is 6.64. The Morgan fingerprint density at radius 2 is 0.857 bits per heavy atom. The highest BCUT2D eigenvalue weighted by molar-refractivity contribution is 6.27. The minimum absolute atomic E-state index is 0.682. The van der Waals surface area contributed by atoms with Crippen LogP contribution in [0, 0.1) is 0 Å². The number of hydrogen-bond acceptors (Lipinski definition) is 4. The maximum Gasteiger partial charge on any atom is 0.160 e. The smallest absolute Gasteiger partial charge is 0.160 e. The molecule has 0 N–H and O–H groups in total. The fourth-order valence-electron chi connectivity index (χ4n) is 10.6. The second-order valence-corrected chi connectivity index (χ2v) is 17.9. The average molecular weight is 893 g/mol. The number of rotatable bonds is 7. The van der Waals surface area contributed by atoms with Gasteiger partial charge in [0.2, 0.25) is 0 Å². The summed E-state index contributed by atoms with van der Waals surface area (Å²) in [5, 5.41) is 8.03. The molecular formula is C65H40N4O. The normalized spacial score (nSPS) is 11.7. The third kappa shape index (κ3) is 6.51. The van der Waals surface area contributed by atoms with Crippen LogP contribution >= 0.6 is 0 Å². The third-order valence-corrected chi connectivity index (χ3v) is 13.8. The summed E-state index contributed by atoms with van der Waals surface area (Å²) in [7, 11) is 0. The Morgan fingerprint density at radius 3 is 1.56 bits per heavy atom. The van der Waals surface area contributed by atoms with E-state index in [2.05, 4.69) is 223 Å². The van der Waals surface area contributed by atoms with Crippen LogP contribution in [0.5, 0.6) is 0 Å². The molecule has 0 radical (unpaired) electrons. The van der Waals surface area contributed by atoms with Crippen LogP contribution in [0.2, 0.25) is 0 Å². The molecule has 0 amide bonds. The summed E-state index contributed by atoms with van der Waals surface area (Å²) in [4.78, 5) is 15.7. The Morgan fingerprint density at radius 1 is 0.314 bits per heavy atom. The number of hydrogen-bond donors (Lipinski definition) is 0. The van der Waals surface area contributed by atoms with E-state index in [0.717, 1.165) is 106 Å². The lowest BCUT2D eigenvalue weighted by Gasteiger charge is -2.16. The Balaban J connectivity index is 0.861. The van der Waals surface area contributed by atoms with Crippen LogP contribution < -0.4 is 0 Å². The van der Waals surface area contributed by atoms with Crippen molar-refractivity contribution >= 4 is 65.4 Å². The molecule has 0 saturated heterocycles. The Bertz CT molecular complexity index is 4270. The summed E-state index contributed by atoms with van der Waals surface area (Å²) in [6.45, 7) is 0. The van der Waals surface area contributed by atoms with Gasteiger partial charge in [-0.15, -0.1) is 0 Å². The van der Waals surface area contributed by atoms with Crippen molar-refractivity contribution in [3.63, 3.8) is 0 Å². The van der Waals surface area contributed by atoms with Gasteiger partial charge in [0, 0.05) is 71.2 Å². The van der Waals surface area contributed by atoms with Gasteiger partial charge in [-0.3, -0.25) is 0 Å². The topological polar surface area (TPSA) is 56.7 Å². The van der Waals surface area contributed by atoms with Gasteiger partial charge in [0.15, 0.2) is 5.82 Å². The Labute approximate surface area is 403 Å². The quantitative estimate of drug-likeness (QED) is 0.150. The second-order valence-electron chi connectivity index (χ2n) is 17.9. The summed E-state index contributed by atoms with van der Waals surface area (Å²) in [5.41, 5.74) is 17.3. The van der Waals surface area contributed by atoms with E-state index < -0.39 is 0 Å². The molecule has 0 spiro atoms. The molecule has 5 heteroatoms. The van der Waals surface area contributed by atoms with Gasteiger partial charge >= 0.3 is 0 Å². The molecule has 326 valence electrons. The van der Waals surface area contributed by atoms with E-state index in [1.807, 2.05) is 24.3 Å². The van der Waals surface area contributed by atoms with Gasteiger partial charge in [-0.1, -0.05) is 188 Å². The zero-order chi connectivity index (χ0) is 46.1. The number of nitrogens with zero attached hydrogens (tertiary/aromatic N) is 4. The van der Waals surface area contributed by atoms with Gasteiger partial charge in [0.1, 0.15) is 11.2 Å². The molecule has 4 aromatic heterocycles. The van der Waals surface area contributed by atoms with Crippen molar-refractivity contribution in [2.45, 2.75) is 0 Å². The first-order valence-corrected chi connectivity index (χ1v) is 23.7. The van der Waals surface area contributed by atoms with Crippen LogP contribution in [0.15, 0.2) is 247 Å². The second kappa shape index (κ2) is 16.1. The van der Waals surface area contributed by atoms with Crippen LogP contribution in [-0.2, 0) is 0 Å².